The van der Waals surface area contributed by atoms with Crippen LogP contribution in [0.3, 0.4) is 0 Å². The first kappa shape index (κ1) is 12.8. The molecule has 0 aliphatic carbocycles. The molecule has 0 saturated carbocycles. The molecule has 0 aliphatic heterocycles. The molecule has 0 aliphatic rings. The van der Waals surface area contributed by atoms with Gasteiger partial charge in [-0.2, -0.15) is 13.8 Å². The number of nitrogens with zero attached hydrogens (tertiary/aromatic N) is 1. The SMILES string of the molecule is C[CH-]C.[Y].[c-]1cc2cccnc2o1. The summed E-state index contributed by atoms with van der Waals surface area (Å²) in [5.74, 6) is 0. The molecule has 0 N–H and O–H groups in total. The maximum absolute atomic E-state index is 4.88. The van der Waals surface area contributed by atoms with Crippen LogP contribution in [0, 0.1) is 12.7 Å². The predicted octanol–water partition coefficient (Wildman–Crippen LogP) is 2.86. The van der Waals surface area contributed by atoms with Gasteiger partial charge in [0.1, 0.15) is 0 Å². The molecule has 2 rings (SSSR count). The third-order valence-corrected chi connectivity index (χ3v) is 1.17. The molecule has 1 radical (unpaired) electrons. The third-order valence-electron chi connectivity index (χ3n) is 1.17. The minimum Gasteiger partial charge on any atom is -0.575 e. The number of furan rings is 1. The van der Waals surface area contributed by atoms with Gasteiger partial charge >= 0.3 is 0 Å². The summed E-state index contributed by atoms with van der Waals surface area (Å²) < 4.78 is 4.88. The van der Waals surface area contributed by atoms with Gasteiger partial charge in [0, 0.05) is 38.9 Å². The van der Waals surface area contributed by atoms with Gasteiger partial charge in [0.15, 0.2) is 0 Å². The van der Waals surface area contributed by atoms with Gasteiger partial charge in [-0.1, -0.05) is 6.07 Å². The van der Waals surface area contributed by atoms with Gasteiger partial charge in [-0.15, -0.1) is 17.5 Å². The van der Waals surface area contributed by atoms with E-state index in [1.807, 2.05) is 32.4 Å². The molecule has 0 saturated heterocycles. The van der Waals surface area contributed by atoms with E-state index >= 15 is 0 Å². The van der Waals surface area contributed by atoms with E-state index in [0.717, 1.165) is 5.39 Å². The van der Waals surface area contributed by atoms with E-state index in [1.165, 1.54) is 0 Å². The molecule has 2 nitrogen and oxygen atoms in total. The molecule has 0 amide bonds. The van der Waals surface area contributed by atoms with Gasteiger partial charge in [-0.25, -0.2) is 0 Å². The van der Waals surface area contributed by atoms with Crippen LogP contribution in [0.2, 0.25) is 0 Å². The molecule has 2 aromatic rings. The van der Waals surface area contributed by atoms with E-state index in [0.29, 0.717) is 5.71 Å². The van der Waals surface area contributed by atoms with Crippen LogP contribution in [-0.2, 0) is 32.7 Å². The fourth-order valence-electron chi connectivity index (χ4n) is 0.747. The number of fused-ring (bicyclic) bond motifs is 1. The molecule has 2 aromatic heterocycles. The van der Waals surface area contributed by atoms with Gasteiger partial charge < -0.3 is 10.8 Å². The van der Waals surface area contributed by atoms with E-state index in [4.69, 9.17) is 4.42 Å². The zero-order valence-electron chi connectivity index (χ0n) is 7.82. The normalized spacial score (nSPS) is 8.46. The largest absolute Gasteiger partial charge is 0.575 e. The van der Waals surface area contributed by atoms with Crippen LogP contribution in [-0.4, -0.2) is 4.98 Å². The average molecular weight is 250 g/mol. The summed E-state index contributed by atoms with van der Waals surface area (Å²) in [6.07, 6.45) is 6.29. The van der Waals surface area contributed by atoms with Crippen LogP contribution >= 0.6 is 0 Å². The Labute approximate surface area is 104 Å². The molecule has 3 heteroatoms. The van der Waals surface area contributed by atoms with Crippen molar-refractivity contribution in [3.05, 3.63) is 37.1 Å². The first-order valence-corrected chi connectivity index (χ1v) is 3.83. The maximum Gasteiger partial charge on any atom is 0.0626 e. The standard InChI is InChI=1S/C7H4NO.C3H7.Y/c1-2-6-3-5-9-7(6)8-4-1;1-3-2;/h1-4H;3H,1-2H3;/q2*-1;. The Morgan fingerprint density at radius 3 is 2.77 bits per heavy atom. The quantitative estimate of drug-likeness (QED) is 0.672. The van der Waals surface area contributed by atoms with Crippen molar-refractivity contribution in [2.45, 2.75) is 13.8 Å². The number of hydrogen-bond donors (Lipinski definition) is 0. The Morgan fingerprint density at radius 2 is 2.15 bits per heavy atom. The topological polar surface area (TPSA) is 26.0 Å². The van der Waals surface area contributed by atoms with Crippen molar-refractivity contribution in [1.82, 2.24) is 4.98 Å². The summed E-state index contributed by atoms with van der Waals surface area (Å²) >= 11 is 0. The summed E-state index contributed by atoms with van der Waals surface area (Å²) in [6.45, 7) is 4.00. The van der Waals surface area contributed by atoms with E-state index < -0.39 is 0 Å². The first-order valence-electron chi connectivity index (χ1n) is 3.83. The van der Waals surface area contributed by atoms with Crippen molar-refractivity contribution in [2.24, 2.45) is 0 Å². The minimum atomic E-state index is 0. The van der Waals surface area contributed by atoms with E-state index in [2.05, 4.69) is 11.2 Å². The van der Waals surface area contributed by atoms with Gasteiger partial charge in [0.25, 0.3) is 0 Å². The summed E-state index contributed by atoms with van der Waals surface area (Å²) in [7, 11) is 0. The Balaban J connectivity index is 0.000000324. The molecule has 0 unspecified atom stereocenters. The summed E-state index contributed by atoms with van der Waals surface area (Å²) in [5, 5.41) is 0.998. The van der Waals surface area contributed by atoms with Crippen molar-refractivity contribution in [3.8, 4) is 0 Å². The van der Waals surface area contributed by atoms with Gasteiger partial charge in [-0.05, 0) is 6.26 Å². The van der Waals surface area contributed by atoms with Crippen molar-refractivity contribution in [3.63, 3.8) is 0 Å². The fourth-order valence-corrected chi connectivity index (χ4v) is 0.747. The van der Waals surface area contributed by atoms with Crippen LogP contribution in [0.5, 0.6) is 0 Å². The van der Waals surface area contributed by atoms with Gasteiger partial charge in [0.2, 0.25) is 0 Å². The van der Waals surface area contributed by atoms with Crippen LogP contribution in [0.1, 0.15) is 13.8 Å². The molecule has 0 spiro atoms. The Hall–Kier alpha value is -0.206. The first-order chi connectivity index (χ1) is 5.88. The zero-order chi connectivity index (χ0) is 8.81. The predicted molar refractivity (Wildman–Crippen MR) is 48.5 cm³/mol. The van der Waals surface area contributed by atoms with Crippen molar-refractivity contribution < 1.29 is 37.1 Å². The average Bonchev–Trinajstić information content (AvgIpc) is 2.52. The number of rotatable bonds is 0. The fraction of sp³-hybridized carbons (Fsp3) is 0.200. The molecule has 67 valence electrons. The number of hydrogen-bond acceptors (Lipinski definition) is 2. The smallest absolute Gasteiger partial charge is 0.0626 e. The second kappa shape index (κ2) is 7.22. The van der Waals surface area contributed by atoms with Crippen LogP contribution in [0.15, 0.2) is 28.8 Å². The van der Waals surface area contributed by atoms with Gasteiger partial charge in [-0.3, -0.25) is 4.98 Å². The van der Waals surface area contributed by atoms with Crippen molar-refractivity contribution in [2.75, 3.05) is 0 Å². The molecule has 13 heavy (non-hydrogen) atoms. The zero-order valence-corrected chi connectivity index (χ0v) is 10.7. The Kier molecular flexibility index (Phi) is 7.11. The second-order valence-electron chi connectivity index (χ2n) is 2.34. The number of pyridine rings is 1. The molecule has 0 atom stereocenters. The second-order valence-corrected chi connectivity index (χ2v) is 2.34. The molecule has 0 fully saturated rings. The van der Waals surface area contributed by atoms with E-state index in [1.54, 1.807) is 12.3 Å². The molecule has 2 heterocycles. The van der Waals surface area contributed by atoms with Crippen molar-refractivity contribution in [1.29, 1.82) is 0 Å². The molecular weight excluding hydrogens is 239 g/mol. The van der Waals surface area contributed by atoms with E-state index in [-0.39, 0.29) is 32.7 Å². The summed E-state index contributed by atoms with van der Waals surface area (Å²) in [5.41, 5.74) is 0.650. The molecular formula is C10H11NOY-2. The Morgan fingerprint density at radius 1 is 1.46 bits per heavy atom. The maximum atomic E-state index is 4.88. The van der Waals surface area contributed by atoms with Crippen LogP contribution in [0.25, 0.3) is 11.1 Å². The molecule has 0 aromatic carbocycles. The summed E-state index contributed by atoms with van der Waals surface area (Å²) in [6, 6.07) is 5.57. The van der Waals surface area contributed by atoms with E-state index in [9.17, 15) is 0 Å². The third kappa shape index (κ3) is 4.01. The Bertz CT molecular complexity index is 302. The summed E-state index contributed by atoms with van der Waals surface area (Å²) in [4.78, 5) is 3.94. The van der Waals surface area contributed by atoms with Gasteiger partial charge in [0.05, 0.1) is 5.71 Å². The van der Waals surface area contributed by atoms with Crippen LogP contribution < -0.4 is 0 Å². The van der Waals surface area contributed by atoms with Crippen molar-refractivity contribution >= 4 is 11.1 Å². The molecule has 0 bridgehead atoms. The minimum absolute atomic E-state index is 0. The monoisotopic (exact) mass is 250 g/mol. The van der Waals surface area contributed by atoms with Crippen LogP contribution in [0.4, 0.5) is 0 Å². The number of aromatic nitrogens is 1.